The van der Waals surface area contributed by atoms with E-state index in [1.807, 2.05) is 6.92 Å². The fraction of sp³-hybridized carbons (Fsp3) is 1.00. The van der Waals surface area contributed by atoms with Gasteiger partial charge >= 0.3 is 0 Å². The molecule has 0 spiro atoms. The Morgan fingerprint density at radius 3 is 1.70 bits per heavy atom. The first-order valence-electron chi connectivity index (χ1n) is 3.93. The van der Waals surface area contributed by atoms with E-state index in [0.29, 0.717) is 0 Å². The van der Waals surface area contributed by atoms with Crippen molar-refractivity contribution in [3.05, 3.63) is 0 Å². The Labute approximate surface area is 63.5 Å². The standard InChI is InChI=1S/C8H18O2/c1-5-8(6-2,9-4)10-7-3/h5-7H2,1-4H3. The molecular formula is C8H18O2. The van der Waals surface area contributed by atoms with Crippen molar-refractivity contribution in [2.24, 2.45) is 0 Å². The van der Waals surface area contributed by atoms with Crippen LogP contribution in [-0.2, 0) is 9.47 Å². The zero-order chi connectivity index (χ0) is 8.04. The molecule has 62 valence electrons. The molecule has 0 saturated carbocycles. The van der Waals surface area contributed by atoms with Crippen LogP contribution in [0.3, 0.4) is 0 Å². The lowest BCUT2D eigenvalue weighted by molar-refractivity contribution is -0.223. The summed E-state index contributed by atoms with van der Waals surface area (Å²) in [4.78, 5) is 0. The van der Waals surface area contributed by atoms with Gasteiger partial charge in [0.05, 0.1) is 0 Å². The highest BCUT2D eigenvalue weighted by molar-refractivity contribution is 4.63. The molecule has 2 heteroatoms. The van der Waals surface area contributed by atoms with E-state index in [9.17, 15) is 0 Å². The highest BCUT2D eigenvalue weighted by atomic mass is 16.7. The SMILES string of the molecule is CCOC(CC)(CC)OC. The van der Waals surface area contributed by atoms with Gasteiger partial charge in [0.2, 0.25) is 0 Å². The Bertz CT molecular complexity index is 69.1. The molecule has 0 saturated heterocycles. The predicted octanol–water partition coefficient (Wildman–Crippen LogP) is 2.19. The highest BCUT2D eigenvalue weighted by Crippen LogP contribution is 2.20. The van der Waals surface area contributed by atoms with Crippen molar-refractivity contribution in [1.82, 2.24) is 0 Å². The molecule has 2 nitrogen and oxygen atoms in total. The lowest BCUT2D eigenvalue weighted by Gasteiger charge is -2.29. The summed E-state index contributed by atoms with van der Waals surface area (Å²) >= 11 is 0. The van der Waals surface area contributed by atoms with E-state index < -0.39 is 0 Å². The van der Waals surface area contributed by atoms with Gasteiger partial charge in [-0.05, 0) is 19.8 Å². The smallest absolute Gasteiger partial charge is 0.167 e. The minimum Gasteiger partial charge on any atom is -0.353 e. The van der Waals surface area contributed by atoms with Crippen molar-refractivity contribution < 1.29 is 9.47 Å². The fourth-order valence-corrected chi connectivity index (χ4v) is 1.06. The van der Waals surface area contributed by atoms with Crippen molar-refractivity contribution in [3.63, 3.8) is 0 Å². The second-order valence-corrected chi connectivity index (χ2v) is 2.25. The van der Waals surface area contributed by atoms with Crippen LogP contribution in [0.25, 0.3) is 0 Å². The van der Waals surface area contributed by atoms with Crippen LogP contribution in [0.1, 0.15) is 33.6 Å². The van der Waals surface area contributed by atoms with Gasteiger partial charge in [-0.1, -0.05) is 13.8 Å². The van der Waals surface area contributed by atoms with Crippen molar-refractivity contribution in [1.29, 1.82) is 0 Å². The Morgan fingerprint density at radius 2 is 1.60 bits per heavy atom. The third-order valence-electron chi connectivity index (χ3n) is 1.86. The summed E-state index contributed by atoms with van der Waals surface area (Å²) in [7, 11) is 1.70. The van der Waals surface area contributed by atoms with E-state index in [4.69, 9.17) is 9.47 Å². The van der Waals surface area contributed by atoms with Crippen molar-refractivity contribution in [2.75, 3.05) is 13.7 Å². The van der Waals surface area contributed by atoms with Crippen LogP contribution in [0.2, 0.25) is 0 Å². The van der Waals surface area contributed by atoms with Gasteiger partial charge in [0.1, 0.15) is 0 Å². The maximum absolute atomic E-state index is 5.45. The zero-order valence-electron chi connectivity index (χ0n) is 7.44. The minimum atomic E-state index is -0.325. The van der Waals surface area contributed by atoms with Crippen LogP contribution >= 0.6 is 0 Å². The normalized spacial score (nSPS) is 12.0. The molecule has 0 bridgehead atoms. The number of ether oxygens (including phenoxy) is 2. The lowest BCUT2D eigenvalue weighted by Crippen LogP contribution is -2.33. The van der Waals surface area contributed by atoms with Gasteiger partial charge < -0.3 is 9.47 Å². The van der Waals surface area contributed by atoms with Gasteiger partial charge in [-0.25, -0.2) is 0 Å². The average Bonchev–Trinajstić information content (AvgIpc) is 2.01. The number of rotatable bonds is 5. The van der Waals surface area contributed by atoms with E-state index in [1.54, 1.807) is 7.11 Å². The topological polar surface area (TPSA) is 18.5 Å². The zero-order valence-corrected chi connectivity index (χ0v) is 7.44. The molecule has 0 radical (unpaired) electrons. The lowest BCUT2D eigenvalue weighted by atomic mass is 10.1. The monoisotopic (exact) mass is 146 g/mol. The van der Waals surface area contributed by atoms with E-state index in [-0.39, 0.29) is 5.79 Å². The largest absolute Gasteiger partial charge is 0.353 e. The molecule has 0 rings (SSSR count). The van der Waals surface area contributed by atoms with Gasteiger partial charge in [0, 0.05) is 13.7 Å². The fourth-order valence-electron chi connectivity index (χ4n) is 1.06. The molecule has 0 aliphatic heterocycles. The average molecular weight is 146 g/mol. The minimum absolute atomic E-state index is 0.325. The van der Waals surface area contributed by atoms with Crippen molar-refractivity contribution >= 4 is 0 Å². The summed E-state index contributed by atoms with van der Waals surface area (Å²) in [5.41, 5.74) is 0. The predicted molar refractivity (Wildman–Crippen MR) is 41.9 cm³/mol. The van der Waals surface area contributed by atoms with E-state index in [1.165, 1.54) is 0 Å². The third-order valence-corrected chi connectivity index (χ3v) is 1.86. The Balaban J connectivity index is 3.87. The molecule has 0 fully saturated rings. The Hall–Kier alpha value is -0.0800. The van der Waals surface area contributed by atoms with Gasteiger partial charge in [0.15, 0.2) is 5.79 Å². The first kappa shape index (κ1) is 9.92. The molecule has 0 aromatic heterocycles. The molecule has 0 amide bonds. The second-order valence-electron chi connectivity index (χ2n) is 2.25. The van der Waals surface area contributed by atoms with E-state index in [2.05, 4.69) is 13.8 Å². The number of hydrogen-bond acceptors (Lipinski definition) is 2. The molecule has 0 N–H and O–H groups in total. The van der Waals surface area contributed by atoms with Crippen molar-refractivity contribution in [2.45, 2.75) is 39.4 Å². The van der Waals surface area contributed by atoms with Gasteiger partial charge in [-0.2, -0.15) is 0 Å². The molecular weight excluding hydrogens is 128 g/mol. The molecule has 0 unspecified atom stereocenters. The molecule has 10 heavy (non-hydrogen) atoms. The molecule has 0 atom stereocenters. The maximum atomic E-state index is 5.45. The quantitative estimate of drug-likeness (QED) is 0.553. The Morgan fingerprint density at radius 1 is 1.10 bits per heavy atom. The first-order chi connectivity index (χ1) is 4.74. The molecule has 0 heterocycles. The van der Waals surface area contributed by atoms with Gasteiger partial charge in [0.25, 0.3) is 0 Å². The maximum Gasteiger partial charge on any atom is 0.167 e. The van der Waals surface area contributed by atoms with Crippen LogP contribution in [0.4, 0.5) is 0 Å². The molecule has 0 aromatic rings. The molecule has 0 aliphatic carbocycles. The second kappa shape index (κ2) is 4.69. The van der Waals surface area contributed by atoms with Crippen molar-refractivity contribution in [3.8, 4) is 0 Å². The summed E-state index contributed by atoms with van der Waals surface area (Å²) in [6, 6.07) is 0. The highest BCUT2D eigenvalue weighted by Gasteiger charge is 2.24. The summed E-state index contributed by atoms with van der Waals surface area (Å²) in [5, 5.41) is 0. The molecule has 0 aliphatic rings. The first-order valence-corrected chi connectivity index (χ1v) is 3.93. The summed E-state index contributed by atoms with van der Waals surface area (Å²) in [5.74, 6) is -0.325. The Kier molecular flexibility index (Phi) is 4.65. The van der Waals surface area contributed by atoms with Crippen LogP contribution < -0.4 is 0 Å². The van der Waals surface area contributed by atoms with Crippen LogP contribution in [0.15, 0.2) is 0 Å². The summed E-state index contributed by atoms with van der Waals surface area (Å²) < 4.78 is 10.7. The number of hydrogen-bond donors (Lipinski definition) is 0. The van der Waals surface area contributed by atoms with Gasteiger partial charge in [-0.15, -0.1) is 0 Å². The summed E-state index contributed by atoms with van der Waals surface area (Å²) in [6.45, 7) is 6.85. The third kappa shape index (κ3) is 2.27. The van der Waals surface area contributed by atoms with Crippen LogP contribution in [-0.4, -0.2) is 19.5 Å². The van der Waals surface area contributed by atoms with Crippen LogP contribution in [0.5, 0.6) is 0 Å². The van der Waals surface area contributed by atoms with E-state index in [0.717, 1.165) is 19.4 Å². The van der Waals surface area contributed by atoms with Crippen LogP contribution in [0, 0.1) is 0 Å². The van der Waals surface area contributed by atoms with Gasteiger partial charge in [-0.3, -0.25) is 0 Å². The number of methoxy groups -OCH3 is 1. The summed E-state index contributed by atoms with van der Waals surface area (Å²) in [6.07, 6.45) is 1.82. The molecule has 0 aromatic carbocycles. The van der Waals surface area contributed by atoms with E-state index >= 15 is 0 Å².